The van der Waals surface area contributed by atoms with Crippen LogP contribution in [0.1, 0.15) is 38.2 Å². The van der Waals surface area contributed by atoms with Crippen molar-refractivity contribution in [2.24, 2.45) is 0 Å². The van der Waals surface area contributed by atoms with Crippen molar-refractivity contribution in [2.75, 3.05) is 7.11 Å². The minimum absolute atomic E-state index is 0.0417. The van der Waals surface area contributed by atoms with E-state index in [2.05, 4.69) is 24.2 Å². The molecule has 0 radical (unpaired) electrons. The molecule has 0 aliphatic heterocycles. The Kier molecular flexibility index (Phi) is 2.85. The Morgan fingerprint density at radius 2 is 2.21 bits per heavy atom. The fourth-order valence-electron chi connectivity index (χ4n) is 3.24. The number of aromatic nitrogens is 1. The van der Waals surface area contributed by atoms with Crippen molar-refractivity contribution in [1.29, 1.82) is 0 Å². The lowest BCUT2D eigenvalue weighted by Gasteiger charge is -2.32. The number of hydrogen-bond donors (Lipinski definition) is 1. The van der Waals surface area contributed by atoms with Gasteiger partial charge in [0.25, 0.3) is 0 Å². The zero-order chi connectivity index (χ0) is 13.5. The van der Waals surface area contributed by atoms with Gasteiger partial charge >= 0.3 is 0 Å². The van der Waals surface area contributed by atoms with E-state index in [4.69, 9.17) is 4.74 Å². The van der Waals surface area contributed by atoms with Crippen LogP contribution in [-0.4, -0.2) is 17.9 Å². The minimum atomic E-state index is -0.0417. The fourth-order valence-corrected chi connectivity index (χ4v) is 3.24. The molecule has 1 N–H and O–H groups in total. The van der Waals surface area contributed by atoms with Crippen molar-refractivity contribution < 1.29 is 9.53 Å². The normalized spacial score (nSPS) is 23.8. The van der Waals surface area contributed by atoms with Crippen LogP contribution in [0.15, 0.2) is 24.4 Å². The number of nitrogens with one attached hydrogen (secondary N) is 1. The van der Waals surface area contributed by atoms with Crippen molar-refractivity contribution in [3.8, 4) is 5.75 Å². The first-order chi connectivity index (χ1) is 9.12. The maximum absolute atomic E-state index is 11.8. The highest BCUT2D eigenvalue weighted by molar-refractivity contribution is 5.88. The Morgan fingerprint density at radius 3 is 2.95 bits per heavy atom. The van der Waals surface area contributed by atoms with E-state index in [9.17, 15) is 4.79 Å². The third-order valence-corrected chi connectivity index (χ3v) is 4.31. The van der Waals surface area contributed by atoms with Gasteiger partial charge in [-0.25, -0.2) is 0 Å². The molecular formula is C16H19NO2. The van der Waals surface area contributed by atoms with E-state index in [1.54, 1.807) is 7.11 Å². The van der Waals surface area contributed by atoms with Crippen LogP contribution in [0.3, 0.4) is 0 Å². The number of hydrogen-bond acceptors (Lipinski definition) is 2. The maximum atomic E-state index is 11.8. The van der Waals surface area contributed by atoms with Crippen molar-refractivity contribution >= 4 is 16.7 Å². The number of benzene rings is 1. The number of carbonyl (C=O) groups excluding carboxylic acids is 1. The predicted octanol–water partition coefficient (Wildman–Crippen LogP) is 3.58. The summed E-state index contributed by atoms with van der Waals surface area (Å²) in [5, 5.41) is 1.18. The van der Waals surface area contributed by atoms with Gasteiger partial charge in [-0.05, 0) is 36.6 Å². The second kappa shape index (κ2) is 4.41. The monoisotopic (exact) mass is 257 g/mol. The van der Waals surface area contributed by atoms with Crippen molar-refractivity contribution in [3.63, 3.8) is 0 Å². The first-order valence-electron chi connectivity index (χ1n) is 6.80. The summed E-state index contributed by atoms with van der Waals surface area (Å²) in [6, 6.07) is 6.05. The largest absolute Gasteiger partial charge is 0.497 e. The SMILES string of the molecule is COc1ccc2[nH]cc(C3(C)CCCC(=O)C3)c2c1. The highest BCUT2D eigenvalue weighted by atomic mass is 16.5. The molecule has 3 heteroatoms. The predicted molar refractivity (Wildman–Crippen MR) is 75.7 cm³/mol. The standard InChI is InChI=1S/C16H19NO2/c1-16(7-3-4-11(18)9-16)14-10-17-15-6-5-12(19-2)8-13(14)15/h5-6,8,10,17H,3-4,7,9H2,1-2H3. The number of Topliss-reactive ketones (excluding diaryl/α,β-unsaturated/α-hetero) is 1. The number of H-pyrrole nitrogens is 1. The molecule has 3 nitrogen and oxygen atoms in total. The highest BCUT2D eigenvalue weighted by Crippen LogP contribution is 2.41. The second-order valence-electron chi connectivity index (χ2n) is 5.74. The van der Waals surface area contributed by atoms with Gasteiger partial charge in [0.15, 0.2) is 0 Å². The first-order valence-corrected chi connectivity index (χ1v) is 6.80. The molecule has 100 valence electrons. The molecule has 1 aromatic carbocycles. The van der Waals surface area contributed by atoms with E-state index in [1.807, 2.05) is 12.1 Å². The molecule has 0 saturated heterocycles. The van der Waals surface area contributed by atoms with Crippen molar-refractivity contribution in [2.45, 2.75) is 38.0 Å². The zero-order valence-electron chi connectivity index (χ0n) is 11.5. The molecule has 0 spiro atoms. The van der Waals surface area contributed by atoms with E-state index in [0.29, 0.717) is 12.2 Å². The molecule has 1 aliphatic rings. The van der Waals surface area contributed by atoms with Gasteiger partial charge in [0, 0.05) is 35.4 Å². The zero-order valence-corrected chi connectivity index (χ0v) is 11.5. The molecule has 1 aliphatic carbocycles. The van der Waals surface area contributed by atoms with E-state index in [0.717, 1.165) is 30.5 Å². The Balaban J connectivity index is 2.11. The van der Waals surface area contributed by atoms with E-state index in [-0.39, 0.29) is 5.41 Å². The summed E-state index contributed by atoms with van der Waals surface area (Å²) >= 11 is 0. The number of methoxy groups -OCH3 is 1. The van der Waals surface area contributed by atoms with Crippen LogP contribution in [0.4, 0.5) is 0 Å². The molecule has 1 atom stereocenters. The quantitative estimate of drug-likeness (QED) is 0.893. The van der Waals surface area contributed by atoms with Gasteiger partial charge in [-0.2, -0.15) is 0 Å². The number of rotatable bonds is 2. The second-order valence-corrected chi connectivity index (χ2v) is 5.74. The minimum Gasteiger partial charge on any atom is -0.497 e. The smallest absolute Gasteiger partial charge is 0.133 e. The molecule has 1 aromatic heterocycles. The summed E-state index contributed by atoms with van der Waals surface area (Å²) < 4.78 is 5.31. The summed E-state index contributed by atoms with van der Waals surface area (Å²) in [4.78, 5) is 15.1. The number of carbonyl (C=O) groups is 1. The van der Waals surface area contributed by atoms with Gasteiger partial charge in [0.2, 0.25) is 0 Å². The molecule has 2 aromatic rings. The number of aromatic amines is 1. The van der Waals surface area contributed by atoms with Gasteiger partial charge in [0.05, 0.1) is 7.11 Å². The third-order valence-electron chi connectivity index (χ3n) is 4.31. The van der Waals surface area contributed by atoms with Gasteiger partial charge in [0.1, 0.15) is 11.5 Å². The lowest BCUT2D eigenvalue weighted by atomic mass is 9.70. The van der Waals surface area contributed by atoms with E-state index in [1.165, 1.54) is 10.9 Å². The lowest BCUT2D eigenvalue weighted by Crippen LogP contribution is -2.29. The lowest BCUT2D eigenvalue weighted by molar-refractivity contribution is -0.121. The van der Waals surface area contributed by atoms with Crippen molar-refractivity contribution in [1.82, 2.24) is 4.98 Å². The molecule has 1 saturated carbocycles. The average Bonchev–Trinajstić information content (AvgIpc) is 2.81. The Morgan fingerprint density at radius 1 is 1.37 bits per heavy atom. The Bertz CT molecular complexity index is 629. The van der Waals surface area contributed by atoms with Crippen LogP contribution in [-0.2, 0) is 10.2 Å². The third kappa shape index (κ3) is 2.03. The van der Waals surface area contributed by atoms with Gasteiger partial charge in [-0.3, -0.25) is 4.79 Å². The molecule has 19 heavy (non-hydrogen) atoms. The summed E-state index contributed by atoms with van der Waals surface area (Å²) in [6.07, 6.45) is 5.51. The Labute approximate surface area is 113 Å². The summed E-state index contributed by atoms with van der Waals surface area (Å²) in [5.41, 5.74) is 2.31. The van der Waals surface area contributed by atoms with E-state index >= 15 is 0 Å². The van der Waals surface area contributed by atoms with Gasteiger partial charge < -0.3 is 9.72 Å². The summed E-state index contributed by atoms with van der Waals surface area (Å²) in [6.45, 7) is 2.20. The molecule has 3 rings (SSSR count). The fraction of sp³-hybridized carbons (Fsp3) is 0.438. The highest BCUT2D eigenvalue weighted by Gasteiger charge is 2.34. The van der Waals surface area contributed by atoms with Gasteiger partial charge in [-0.15, -0.1) is 0 Å². The van der Waals surface area contributed by atoms with Crippen molar-refractivity contribution in [3.05, 3.63) is 30.0 Å². The number of ketones is 1. The number of fused-ring (bicyclic) bond motifs is 1. The van der Waals surface area contributed by atoms with Crippen LogP contribution in [0.5, 0.6) is 5.75 Å². The van der Waals surface area contributed by atoms with Crippen LogP contribution in [0.25, 0.3) is 10.9 Å². The van der Waals surface area contributed by atoms with Crippen LogP contribution in [0, 0.1) is 0 Å². The summed E-state index contributed by atoms with van der Waals surface area (Å²) in [5.74, 6) is 1.24. The number of ether oxygens (including phenoxy) is 1. The Hall–Kier alpha value is -1.77. The molecule has 1 fully saturated rings. The van der Waals surface area contributed by atoms with Crippen LogP contribution >= 0.6 is 0 Å². The summed E-state index contributed by atoms with van der Waals surface area (Å²) in [7, 11) is 1.68. The molecular weight excluding hydrogens is 238 g/mol. The van der Waals surface area contributed by atoms with E-state index < -0.39 is 0 Å². The molecule has 1 unspecified atom stereocenters. The first kappa shape index (κ1) is 12.3. The topological polar surface area (TPSA) is 42.1 Å². The maximum Gasteiger partial charge on any atom is 0.133 e. The van der Waals surface area contributed by atoms with Crippen LogP contribution in [0.2, 0.25) is 0 Å². The molecule has 0 bridgehead atoms. The molecule has 0 amide bonds. The average molecular weight is 257 g/mol. The molecule has 1 heterocycles. The van der Waals surface area contributed by atoms with Crippen LogP contribution < -0.4 is 4.74 Å². The van der Waals surface area contributed by atoms with Gasteiger partial charge in [-0.1, -0.05) is 6.92 Å².